The van der Waals surface area contributed by atoms with Gasteiger partial charge in [0.1, 0.15) is 6.61 Å². The van der Waals surface area contributed by atoms with E-state index < -0.39 is 14.2 Å². The molecule has 1 N–H and O–H groups in total. The minimum Gasteiger partial charge on any atom is -0.463 e. The summed E-state index contributed by atoms with van der Waals surface area (Å²) in [6.45, 7) is 10.9. The second kappa shape index (κ2) is 3.34. The Hall–Kier alpha value is -0.353. The van der Waals surface area contributed by atoms with E-state index in [0.717, 1.165) is 0 Å². The summed E-state index contributed by atoms with van der Waals surface area (Å²) >= 11 is 0. The van der Waals surface area contributed by atoms with Gasteiger partial charge >= 0.3 is 5.97 Å². The molecule has 0 aromatic heterocycles. The van der Waals surface area contributed by atoms with Crippen LogP contribution in [-0.2, 0) is 9.53 Å². The molecule has 1 aliphatic rings. The molecule has 1 heterocycles. The number of esters is 1. The number of hydrogen-bond acceptors (Lipinski definition) is 3. The number of carbonyl (C=O) groups is 1. The molecule has 0 spiro atoms. The molecular formula is C10H20O3Si. The summed E-state index contributed by atoms with van der Waals surface area (Å²) in [6, 6.07) is 0. The van der Waals surface area contributed by atoms with E-state index in [9.17, 15) is 9.90 Å². The number of cyclic esters (lactones) is 1. The molecule has 1 aliphatic heterocycles. The molecule has 0 aromatic rings. The standard InChI is InChI=1S/C10H20O3Si/c1-10(2,3)14(4,5)8-7(11)6-13-9(8)12/h7-8,11H,6H2,1-5H3/t7-,8+/m0/s1. The van der Waals surface area contributed by atoms with Crippen molar-refractivity contribution >= 4 is 14.0 Å². The Morgan fingerprint density at radius 2 is 1.93 bits per heavy atom. The molecule has 0 unspecified atom stereocenters. The lowest BCUT2D eigenvalue weighted by atomic mass is 10.2. The van der Waals surface area contributed by atoms with Crippen LogP contribution in [0.5, 0.6) is 0 Å². The van der Waals surface area contributed by atoms with Crippen molar-refractivity contribution in [2.24, 2.45) is 0 Å². The van der Waals surface area contributed by atoms with Crippen LogP contribution in [0.2, 0.25) is 23.7 Å². The van der Waals surface area contributed by atoms with E-state index in [4.69, 9.17) is 4.74 Å². The molecule has 0 radical (unpaired) electrons. The number of ether oxygens (including phenoxy) is 1. The van der Waals surface area contributed by atoms with Gasteiger partial charge in [-0.15, -0.1) is 0 Å². The third-order valence-corrected chi connectivity index (χ3v) is 9.79. The number of rotatable bonds is 1. The third kappa shape index (κ3) is 1.73. The van der Waals surface area contributed by atoms with E-state index in [2.05, 4.69) is 33.9 Å². The fourth-order valence-corrected chi connectivity index (χ4v) is 4.42. The molecule has 4 heteroatoms. The number of hydrogen-bond donors (Lipinski definition) is 1. The van der Waals surface area contributed by atoms with Crippen LogP contribution < -0.4 is 0 Å². The van der Waals surface area contributed by atoms with Gasteiger partial charge in [0.05, 0.1) is 19.7 Å². The third-order valence-electron chi connectivity index (χ3n) is 3.75. The minimum absolute atomic E-state index is 0.0992. The summed E-state index contributed by atoms with van der Waals surface area (Å²) in [4.78, 5) is 11.5. The summed E-state index contributed by atoms with van der Waals surface area (Å²) in [5.41, 5.74) is -0.262. The van der Waals surface area contributed by atoms with Crippen molar-refractivity contribution in [3.05, 3.63) is 0 Å². The summed E-state index contributed by atoms with van der Waals surface area (Å²) in [5.74, 6) is -0.205. The molecule has 3 nitrogen and oxygen atoms in total. The summed E-state index contributed by atoms with van der Waals surface area (Å²) in [7, 11) is -1.82. The first kappa shape index (κ1) is 11.7. The normalized spacial score (nSPS) is 29.1. The Kier molecular flexibility index (Phi) is 2.80. The van der Waals surface area contributed by atoms with Crippen LogP contribution in [0.1, 0.15) is 20.8 Å². The first-order valence-electron chi connectivity index (χ1n) is 5.02. The quantitative estimate of drug-likeness (QED) is 0.537. The first-order valence-corrected chi connectivity index (χ1v) is 8.10. The van der Waals surface area contributed by atoms with Crippen LogP contribution in [0, 0.1) is 0 Å². The second-order valence-corrected chi connectivity index (χ2v) is 11.2. The average molecular weight is 216 g/mol. The van der Waals surface area contributed by atoms with Crippen molar-refractivity contribution in [2.45, 2.75) is 50.5 Å². The van der Waals surface area contributed by atoms with Crippen LogP contribution in [0.15, 0.2) is 0 Å². The number of aliphatic hydroxyl groups is 1. The lowest BCUT2D eigenvalue weighted by Crippen LogP contribution is -2.47. The number of carbonyl (C=O) groups excluding carboxylic acids is 1. The highest BCUT2D eigenvalue weighted by atomic mass is 28.3. The Morgan fingerprint density at radius 3 is 2.21 bits per heavy atom. The molecule has 0 saturated carbocycles. The molecule has 14 heavy (non-hydrogen) atoms. The van der Waals surface area contributed by atoms with E-state index >= 15 is 0 Å². The van der Waals surface area contributed by atoms with Crippen LogP contribution in [0.3, 0.4) is 0 Å². The highest BCUT2D eigenvalue weighted by molar-refractivity contribution is 6.84. The Balaban J connectivity index is 2.97. The van der Waals surface area contributed by atoms with Gasteiger partial charge < -0.3 is 9.84 Å². The van der Waals surface area contributed by atoms with Gasteiger partial charge in [-0.3, -0.25) is 4.79 Å². The van der Waals surface area contributed by atoms with Crippen LogP contribution in [-0.4, -0.2) is 31.9 Å². The van der Waals surface area contributed by atoms with Gasteiger partial charge in [-0.05, 0) is 5.04 Å². The van der Waals surface area contributed by atoms with Crippen molar-refractivity contribution in [1.82, 2.24) is 0 Å². The SMILES string of the molecule is CC(C)(C)[Si](C)(C)[C@H]1C(=O)OC[C@@H]1O. The molecule has 2 atom stereocenters. The molecule has 0 aliphatic carbocycles. The van der Waals surface area contributed by atoms with Crippen molar-refractivity contribution in [1.29, 1.82) is 0 Å². The zero-order chi connectivity index (χ0) is 11.1. The van der Waals surface area contributed by atoms with Crippen molar-refractivity contribution in [3.63, 3.8) is 0 Å². The smallest absolute Gasteiger partial charge is 0.309 e. The van der Waals surface area contributed by atoms with Crippen LogP contribution in [0.25, 0.3) is 0 Å². The molecule has 0 amide bonds. The van der Waals surface area contributed by atoms with Crippen molar-refractivity contribution < 1.29 is 14.6 Å². The van der Waals surface area contributed by atoms with Gasteiger partial charge in [-0.25, -0.2) is 0 Å². The van der Waals surface area contributed by atoms with Gasteiger partial charge in [0.2, 0.25) is 0 Å². The zero-order valence-electron chi connectivity index (χ0n) is 9.63. The average Bonchev–Trinajstić information content (AvgIpc) is 2.28. The lowest BCUT2D eigenvalue weighted by Gasteiger charge is -2.40. The maximum atomic E-state index is 11.5. The molecule has 1 fully saturated rings. The summed E-state index contributed by atoms with van der Waals surface area (Å²) in [6.07, 6.45) is -0.594. The largest absolute Gasteiger partial charge is 0.463 e. The fourth-order valence-electron chi connectivity index (χ4n) is 1.75. The van der Waals surface area contributed by atoms with Crippen molar-refractivity contribution in [2.75, 3.05) is 6.61 Å². The maximum absolute atomic E-state index is 11.5. The van der Waals surface area contributed by atoms with E-state index in [1.165, 1.54) is 0 Å². The summed E-state index contributed by atoms with van der Waals surface area (Å²) in [5, 5.41) is 9.85. The first-order chi connectivity index (χ1) is 6.18. The van der Waals surface area contributed by atoms with Gasteiger partial charge in [0.25, 0.3) is 0 Å². The zero-order valence-corrected chi connectivity index (χ0v) is 10.6. The van der Waals surface area contributed by atoms with E-state index in [1.54, 1.807) is 0 Å². The van der Waals surface area contributed by atoms with Crippen LogP contribution in [0.4, 0.5) is 0 Å². The monoisotopic (exact) mass is 216 g/mol. The van der Waals surface area contributed by atoms with Gasteiger partial charge in [0, 0.05) is 0 Å². The van der Waals surface area contributed by atoms with E-state index in [-0.39, 0.29) is 23.2 Å². The van der Waals surface area contributed by atoms with Crippen LogP contribution >= 0.6 is 0 Å². The fraction of sp³-hybridized carbons (Fsp3) is 0.900. The highest BCUT2D eigenvalue weighted by Crippen LogP contribution is 2.47. The van der Waals surface area contributed by atoms with E-state index in [1.807, 2.05) is 0 Å². The number of aliphatic hydroxyl groups excluding tert-OH is 1. The van der Waals surface area contributed by atoms with Gasteiger partial charge in [-0.2, -0.15) is 0 Å². The minimum atomic E-state index is -1.82. The molecule has 1 rings (SSSR count). The maximum Gasteiger partial charge on any atom is 0.309 e. The Morgan fingerprint density at radius 1 is 1.43 bits per heavy atom. The molecule has 1 saturated heterocycles. The van der Waals surface area contributed by atoms with Crippen molar-refractivity contribution in [3.8, 4) is 0 Å². The highest BCUT2D eigenvalue weighted by Gasteiger charge is 2.52. The molecular weight excluding hydrogens is 196 g/mol. The van der Waals surface area contributed by atoms with Gasteiger partial charge in [-0.1, -0.05) is 33.9 Å². The predicted molar refractivity (Wildman–Crippen MR) is 57.9 cm³/mol. The van der Waals surface area contributed by atoms with Gasteiger partial charge in [0.15, 0.2) is 0 Å². The molecule has 0 aromatic carbocycles. The topological polar surface area (TPSA) is 46.5 Å². The Bertz CT molecular complexity index is 242. The Labute approximate surface area is 86.5 Å². The lowest BCUT2D eigenvalue weighted by molar-refractivity contribution is -0.138. The predicted octanol–water partition coefficient (Wildman–Crippen LogP) is 1.78. The van der Waals surface area contributed by atoms with E-state index in [0.29, 0.717) is 0 Å². The second-order valence-electron chi connectivity index (χ2n) is 5.65. The molecule has 0 bridgehead atoms. The summed E-state index contributed by atoms with van der Waals surface area (Å²) < 4.78 is 4.91. The molecule has 82 valence electrons.